The second-order valence-electron chi connectivity index (χ2n) is 4.95. The second-order valence-corrected chi connectivity index (χ2v) is 5.74. The molecule has 0 aliphatic rings. The predicted molar refractivity (Wildman–Crippen MR) is 82.9 cm³/mol. The highest BCUT2D eigenvalue weighted by Crippen LogP contribution is 2.26. The van der Waals surface area contributed by atoms with Crippen LogP contribution in [0.25, 0.3) is 0 Å². The number of halogens is 1. The molecule has 0 aromatic heterocycles. The van der Waals surface area contributed by atoms with E-state index in [0.717, 1.165) is 23.7 Å². The molecule has 0 aliphatic carbocycles. The number of alkyl halides is 1. The van der Waals surface area contributed by atoms with Gasteiger partial charge in [0.15, 0.2) is 0 Å². The van der Waals surface area contributed by atoms with Crippen molar-refractivity contribution in [3.8, 4) is 0 Å². The van der Waals surface area contributed by atoms with E-state index in [2.05, 4.69) is 15.9 Å². The third-order valence-corrected chi connectivity index (χ3v) is 3.94. The first-order valence-electron chi connectivity index (χ1n) is 7.06. The lowest BCUT2D eigenvalue weighted by Gasteiger charge is -2.15. The SMILES string of the molecule is O=C(O)CC(CCCCCCCBr)c1ccccc1. The molecule has 0 aliphatic heterocycles. The molecule has 19 heavy (non-hydrogen) atoms. The summed E-state index contributed by atoms with van der Waals surface area (Å²) in [6.45, 7) is 0. The molecule has 0 bridgehead atoms. The molecule has 0 heterocycles. The van der Waals surface area contributed by atoms with Crippen molar-refractivity contribution in [2.24, 2.45) is 0 Å². The molecule has 106 valence electrons. The van der Waals surface area contributed by atoms with Crippen LogP contribution in [-0.2, 0) is 4.79 Å². The maximum absolute atomic E-state index is 11.0. The van der Waals surface area contributed by atoms with E-state index in [4.69, 9.17) is 5.11 Å². The second kappa shape index (κ2) is 10.0. The summed E-state index contributed by atoms with van der Waals surface area (Å²) in [5, 5.41) is 10.1. The maximum Gasteiger partial charge on any atom is 0.303 e. The van der Waals surface area contributed by atoms with E-state index >= 15 is 0 Å². The molecule has 0 saturated heterocycles. The molecule has 1 N–H and O–H groups in total. The van der Waals surface area contributed by atoms with Gasteiger partial charge in [0, 0.05) is 5.33 Å². The van der Waals surface area contributed by atoms with E-state index < -0.39 is 5.97 Å². The molecule has 1 atom stereocenters. The number of aliphatic carboxylic acids is 1. The first-order chi connectivity index (χ1) is 9.24. The van der Waals surface area contributed by atoms with Crippen molar-refractivity contribution in [2.75, 3.05) is 5.33 Å². The van der Waals surface area contributed by atoms with E-state index in [-0.39, 0.29) is 12.3 Å². The van der Waals surface area contributed by atoms with Gasteiger partial charge in [-0.2, -0.15) is 0 Å². The summed E-state index contributed by atoms with van der Waals surface area (Å²) in [5.74, 6) is -0.539. The van der Waals surface area contributed by atoms with Crippen molar-refractivity contribution in [1.29, 1.82) is 0 Å². The number of hydrogen-bond donors (Lipinski definition) is 1. The van der Waals surface area contributed by atoms with Gasteiger partial charge in [0.1, 0.15) is 0 Å². The Hall–Kier alpha value is -0.830. The smallest absolute Gasteiger partial charge is 0.303 e. The molecule has 0 saturated carbocycles. The fourth-order valence-electron chi connectivity index (χ4n) is 2.34. The Kier molecular flexibility index (Phi) is 8.55. The zero-order valence-electron chi connectivity index (χ0n) is 11.4. The van der Waals surface area contributed by atoms with Crippen LogP contribution < -0.4 is 0 Å². The molecular weight excluding hydrogens is 304 g/mol. The molecular formula is C16H23BrO2. The highest BCUT2D eigenvalue weighted by Gasteiger charge is 2.14. The number of rotatable bonds is 10. The Bertz CT molecular complexity index is 351. The van der Waals surface area contributed by atoms with E-state index in [9.17, 15) is 4.79 Å². The predicted octanol–water partition coefficient (Wildman–Crippen LogP) is 4.98. The minimum atomic E-state index is -0.701. The normalized spacial score (nSPS) is 12.3. The number of benzene rings is 1. The zero-order chi connectivity index (χ0) is 13.9. The summed E-state index contributed by atoms with van der Waals surface area (Å²) >= 11 is 3.43. The van der Waals surface area contributed by atoms with E-state index in [1.165, 1.54) is 25.7 Å². The van der Waals surface area contributed by atoms with Gasteiger partial charge in [-0.15, -0.1) is 0 Å². The number of unbranched alkanes of at least 4 members (excludes halogenated alkanes) is 4. The van der Waals surface area contributed by atoms with Crippen molar-refractivity contribution in [1.82, 2.24) is 0 Å². The summed E-state index contributed by atoms with van der Waals surface area (Å²) in [5.41, 5.74) is 1.16. The van der Waals surface area contributed by atoms with E-state index in [1.807, 2.05) is 30.3 Å². The van der Waals surface area contributed by atoms with Crippen molar-refractivity contribution in [3.63, 3.8) is 0 Å². The molecule has 2 nitrogen and oxygen atoms in total. The Labute approximate surface area is 124 Å². The number of hydrogen-bond acceptors (Lipinski definition) is 1. The lowest BCUT2D eigenvalue weighted by Crippen LogP contribution is -2.06. The number of carboxylic acid groups (broad SMARTS) is 1. The summed E-state index contributed by atoms with van der Waals surface area (Å²) in [6.07, 6.45) is 7.29. The van der Waals surface area contributed by atoms with Crippen molar-refractivity contribution < 1.29 is 9.90 Å². The molecule has 1 unspecified atom stereocenters. The molecule has 1 aromatic carbocycles. The Morgan fingerprint density at radius 1 is 1.05 bits per heavy atom. The van der Waals surface area contributed by atoms with Gasteiger partial charge in [0.05, 0.1) is 6.42 Å². The maximum atomic E-state index is 11.0. The van der Waals surface area contributed by atoms with Gasteiger partial charge in [0.2, 0.25) is 0 Å². The first-order valence-corrected chi connectivity index (χ1v) is 8.19. The van der Waals surface area contributed by atoms with Gasteiger partial charge >= 0.3 is 5.97 Å². The average Bonchev–Trinajstić information content (AvgIpc) is 2.42. The van der Waals surface area contributed by atoms with E-state index in [0.29, 0.717) is 0 Å². The van der Waals surface area contributed by atoms with Crippen LogP contribution in [0.4, 0.5) is 0 Å². The lowest BCUT2D eigenvalue weighted by atomic mass is 9.90. The zero-order valence-corrected chi connectivity index (χ0v) is 12.9. The topological polar surface area (TPSA) is 37.3 Å². The highest BCUT2D eigenvalue weighted by atomic mass is 79.9. The summed E-state index contributed by atoms with van der Waals surface area (Å²) in [7, 11) is 0. The van der Waals surface area contributed by atoms with Crippen LogP contribution in [0, 0.1) is 0 Å². The van der Waals surface area contributed by atoms with Gasteiger partial charge in [-0.05, 0) is 24.3 Å². The molecule has 1 rings (SSSR count). The summed E-state index contributed by atoms with van der Waals surface area (Å²) in [6, 6.07) is 10.0. The quantitative estimate of drug-likeness (QED) is 0.486. The third kappa shape index (κ3) is 7.36. The van der Waals surface area contributed by atoms with Crippen LogP contribution in [0.3, 0.4) is 0 Å². The Morgan fingerprint density at radius 3 is 2.32 bits per heavy atom. The molecule has 0 fully saturated rings. The third-order valence-electron chi connectivity index (χ3n) is 3.38. The summed E-state index contributed by atoms with van der Waals surface area (Å²) in [4.78, 5) is 11.0. The van der Waals surface area contributed by atoms with Gasteiger partial charge in [-0.3, -0.25) is 4.79 Å². The van der Waals surface area contributed by atoms with Gasteiger partial charge in [-0.25, -0.2) is 0 Å². The average molecular weight is 327 g/mol. The van der Waals surface area contributed by atoms with Crippen molar-refractivity contribution >= 4 is 21.9 Å². The van der Waals surface area contributed by atoms with Gasteiger partial charge in [0.25, 0.3) is 0 Å². The van der Waals surface area contributed by atoms with Crippen LogP contribution >= 0.6 is 15.9 Å². The Balaban J connectivity index is 2.36. The summed E-state index contributed by atoms with van der Waals surface area (Å²) < 4.78 is 0. The largest absolute Gasteiger partial charge is 0.481 e. The fourth-order valence-corrected chi connectivity index (χ4v) is 2.73. The Morgan fingerprint density at radius 2 is 1.68 bits per heavy atom. The molecule has 0 amide bonds. The van der Waals surface area contributed by atoms with Crippen molar-refractivity contribution in [3.05, 3.63) is 35.9 Å². The number of carboxylic acids is 1. The minimum absolute atomic E-state index is 0.162. The van der Waals surface area contributed by atoms with Gasteiger partial charge < -0.3 is 5.11 Å². The first kappa shape index (κ1) is 16.2. The van der Waals surface area contributed by atoms with Crippen LogP contribution in [0.1, 0.15) is 56.4 Å². The van der Waals surface area contributed by atoms with Crippen LogP contribution in [0.2, 0.25) is 0 Å². The number of carbonyl (C=O) groups is 1. The van der Waals surface area contributed by atoms with Crippen molar-refractivity contribution in [2.45, 2.75) is 50.9 Å². The standard InChI is InChI=1S/C16H23BrO2/c17-12-8-3-1-2-5-11-15(13-16(18)19)14-9-6-4-7-10-14/h4,6-7,9-10,15H,1-3,5,8,11-13H2,(H,18,19). The molecule has 1 aromatic rings. The minimum Gasteiger partial charge on any atom is -0.481 e. The molecule has 3 heteroatoms. The molecule has 0 spiro atoms. The van der Waals surface area contributed by atoms with Crippen LogP contribution in [0.5, 0.6) is 0 Å². The van der Waals surface area contributed by atoms with Crippen LogP contribution in [-0.4, -0.2) is 16.4 Å². The monoisotopic (exact) mass is 326 g/mol. The lowest BCUT2D eigenvalue weighted by molar-refractivity contribution is -0.137. The van der Waals surface area contributed by atoms with Gasteiger partial charge in [-0.1, -0.05) is 71.9 Å². The fraction of sp³-hybridized carbons (Fsp3) is 0.562. The van der Waals surface area contributed by atoms with Crippen LogP contribution in [0.15, 0.2) is 30.3 Å². The molecule has 0 radical (unpaired) electrons. The highest BCUT2D eigenvalue weighted by molar-refractivity contribution is 9.09. The van der Waals surface area contributed by atoms with E-state index in [1.54, 1.807) is 0 Å².